The number of aromatic nitrogens is 3. The first-order valence-electron chi connectivity index (χ1n) is 14.9. The molecule has 0 bridgehead atoms. The number of carbonyl (C=O) groups is 1. The fourth-order valence-electron chi connectivity index (χ4n) is 4.84. The Labute approximate surface area is 290 Å². The highest BCUT2D eigenvalue weighted by molar-refractivity contribution is 7.95. The van der Waals surface area contributed by atoms with E-state index in [0.29, 0.717) is 75.5 Å². The van der Waals surface area contributed by atoms with Crippen molar-refractivity contribution in [1.29, 1.82) is 5.26 Å². The molecule has 17 heteroatoms. The van der Waals surface area contributed by atoms with Gasteiger partial charge in [-0.2, -0.15) is 10.4 Å². The lowest BCUT2D eigenvalue weighted by molar-refractivity contribution is -0.432. The van der Waals surface area contributed by atoms with Gasteiger partial charge in [0.1, 0.15) is 5.71 Å². The molecule has 1 aromatic heterocycles. The van der Waals surface area contributed by atoms with Crippen LogP contribution in [0.2, 0.25) is 0 Å². The summed E-state index contributed by atoms with van der Waals surface area (Å²) in [5.74, 6) is 0.504. The molecule has 0 saturated heterocycles. The minimum atomic E-state index is -0.450. The first kappa shape index (κ1) is 35.7. The molecule has 0 spiro atoms. The van der Waals surface area contributed by atoms with Crippen LogP contribution in [0.25, 0.3) is 11.4 Å². The van der Waals surface area contributed by atoms with Crippen molar-refractivity contribution in [2.45, 2.75) is 43.9 Å². The molecule has 3 aromatic carbocycles. The normalized spacial score (nSPS) is 13.2. The fraction of sp³-hybridized carbons (Fsp3) is 0.250. The van der Waals surface area contributed by atoms with Crippen LogP contribution in [-0.4, -0.2) is 55.8 Å². The number of carbonyl (C=O) groups excluding carboxylic acids is 1. The van der Waals surface area contributed by atoms with E-state index in [9.17, 15) is 4.79 Å². The third kappa shape index (κ3) is 8.89. The number of anilines is 2. The Kier molecular flexibility index (Phi) is 11.8. The lowest BCUT2D eigenvalue weighted by Crippen LogP contribution is -2.27. The number of rotatable bonds is 14. The summed E-state index contributed by atoms with van der Waals surface area (Å²) in [5.41, 5.74) is 4.25. The van der Waals surface area contributed by atoms with E-state index in [1.54, 1.807) is 30.3 Å². The third-order valence-electron chi connectivity index (χ3n) is 7.13. The third-order valence-corrected chi connectivity index (χ3v) is 8.24. The molecule has 5 rings (SSSR count). The first-order valence-corrected chi connectivity index (χ1v) is 16.4. The van der Waals surface area contributed by atoms with E-state index in [-0.39, 0.29) is 11.0 Å². The molecular formula is C32H32N8O7S2. The van der Waals surface area contributed by atoms with E-state index < -0.39 is 5.91 Å². The summed E-state index contributed by atoms with van der Waals surface area (Å²) in [6.45, 7) is 9.68. The minimum Gasteiger partial charge on any atom is -0.371 e. The van der Waals surface area contributed by atoms with Gasteiger partial charge in [0.15, 0.2) is 5.82 Å². The van der Waals surface area contributed by atoms with Crippen molar-refractivity contribution >= 4 is 58.5 Å². The van der Waals surface area contributed by atoms with Crippen LogP contribution >= 0.6 is 24.1 Å². The summed E-state index contributed by atoms with van der Waals surface area (Å²) in [5, 5.41) is 45.4. The van der Waals surface area contributed by atoms with Crippen molar-refractivity contribution in [3.8, 4) is 17.5 Å². The molecule has 0 saturated carbocycles. The van der Waals surface area contributed by atoms with Crippen LogP contribution in [0.1, 0.15) is 50.3 Å². The monoisotopic (exact) mass is 704 g/mol. The fourth-order valence-corrected chi connectivity index (χ4v) is 5.83. The molecule has 49 heavy (non-hydrogen) atoms. The van der Waals surface area contributed by atoms with Crippen LogP contribution < -0.4 is 10.2 Å². The maximum Gasteiger partial charge on any atom is 0.255 e. The number of benzene rings is 3. The Morgan fingerprint density at radius 1 is 1.02 bits per heavy atom. The minimum absolute atomic E-state index is 0.225. The largest absolute Gasteiger partial charge is 0.371 e. The Morgan fingerprint density at radius 3 is 2.24 bits per heavy atom. The van der Waals surface area contributed by atoms with Crippen molar-refractivity contribution in [1.82, 2.24) is 14.9 Å². The number of amides is 1. The van der Waals surface area contributed by atoms with Crippen LogP contribution in [0.3, 0.4) is 0 Å². The second-order valence-electron chi connectivity index (χ2n) is 11.5. The SMILES string of the molecule is CCN(CCC#N)c1ccc(N=C2C(C(C)(C)C)=Nn3nc(-c4ccc(NC(=O)c5cc(SOOO)cc(SOOO)c5)cc4)nc32)cc1. The molecule has 1 amide bonds. The van der Waals surface area contributed by atoms with Gasteiger partial charge in [-0.05, 0) is 73.7 Å². The summed E-state index contributed by atoms with van der Waals surface area (Å²) >= 11 is 1.31. The number of hydrogen-bond donors (Lipinski definition) is 3. The molecule has 3 N–H and O–H groups in total. The highest BCUT2D eigenvalue weighted by atomic mass is 32.2. The summed E-state index contributed by atoms with van der Waals surface area (Å²) < 4.78 is 8.93. The molecule has 0 fully saturated rings. The zero-order chi connectivity index (χ0) is 35.0. The second kappa shape index (κ2) is 16.2. The van der Waals surface area contributed by atoms with E-state index in [1.807, 2.05) is 24.3 Å². The maximum atomic E-state index is 13.1. The number of aliphatic imine (C=N–C) groups is 1. The van der Waals surface area contributed by atoms with Gasteiger partial charge in [-0.3, -0.25) is 4.79 Å². The van der Waals surface area contributed by atoms with Gasteiger partial charge in [0.2, 0.25) is 5.82 Å². The van der Waals surface area contributed by atoms with Gasteiger partial charge >= 0.3 is 0 Å². The Balaban J connectivity index is 1.35. The Bertz CT molecular complexity index is 1860. The van der Waals surface area contributed by atoms with Gasteiger partial charge in [0.25, 0.3) is 5.91 Å². The predicted octanol–water partition coefficient (Wildman–Crippen LogP) is 7.18. The number of nitrogens with one attached hydrogen (secondary N) is 1. The molecule has 15 nitrogen and oxygen atoms in total. The molecule has 4 aromatic rings. The van der Waals surface area contributed by atoms with Gasteiger partial charge in [0.05, 0.1) is 48.0 Å². The van der Waals surface area contributed by atoms with Crippen molar-refractivity contribution in [3.63, 3.8) is 0 Å². The van der Waals surface area contributed by atoms with Crippen LogP contribution in [0.15, 0.2) is 86.6 Å². The molecule has 0 atom stereocenters. The van der Waals surface area contributed by atoms with Crippen molar-refractivity contribution in [3.05, 3.63) is 78.1 Å². The van der Waals surface area contributed by atoms with E-state index >= 15 is 0 Å². The summed E-state index contributed by atoms with van der Waals surface area (Å²) in [7, 11) is 0. The molecule has 2 heterocycles. The standard InChI is InChI=1S/C32H32N8O7S2/c1-5-39(16-6-15-33)24-13-11-22(12-14-24)34-27-28(32(2,3)4)37-40-30(27)36-29(38-40)20-7-9-23(10-8-20)35-31(41)21-17-25(48-46-44-42)19-26(18-21)49-47-45-43/h7-14,17-19,42-43H,5-6,16H2,1-4H3,(H,35,41). The predicted molar refractivity (Wildman–Crippen MR) is 184 cm³/mol. The van der Waals surface area contributed by atoms with Crippen LogP contribution in [0.4, 0.5) is 17.1 Å². The van der Waals surface area contributed by atoms with E-state index in [2.05, 4.69) is 67.8 Å². The van der Waals surface area contributed by atoms with Gasteiger partial charge in [-0.1, -0.05) is 30.8 Å². The smallest absolute Gasteiger partial charge is 0.255 e. The average molecular weight is 705 g/mol. The molecule has 0 radical (unpaired) electrons. The quantitative estimate of drug-likeness (QED) is 0.0681. The van der Waals surface area contributed by atoms with Crippen LogP contribution in [-0.2, 0) is 18.7 Å². The van der Waals surface area contributed by atoms with Crippen molar-refractivity contribution < 1.29 is 34.1 Å². The van der Waals surface area contributed by atoms with Gasteiger partial charge in [-0.25, -0.2) is 20.5 Å². The number of nitriles is 1. The Hall–Kier alpha value is -4.64. The van der Waals surface area contributed by atoms with Gasteiger partial charge in [-0.15, -0.1) is 18.6 Å². The summed E-state index contributed by atoms with van der Waals surface area (Å²) in [4.78, 5) is 27.3. The second-order valence-corrected chi connectivity index (χ2v) is 13.0. The number of fused-ring (bicyclic) bond motifs is 1. The van der Waals surface area contributed by atoms with E-state index in [0.717, 1.165) is 23.6 Å². The molecular weight excluding hydrogens is 673 g/mol. The zero-order valence-electron chi connectivity index (χ0n) is 26.9. The van der Waals surface area contributed by atoms with Crippen LogP contribution in [0, 0.1) is 16.7 Å². The summed E-state index contributed by atoms with van der Waals surface area (Å²) in [6, 6.07) is 21.6. The van der Waals surface area contributed by atoms with Crippen LogP contribution in [0.5, 0.6) is 0 Å². The molecule has 0 unspecified atom stereocenters. The van der Waals surface area contributed by atoms with Crippen molar-refractivity contribution in [2.24, 2.45) is 15.5 Å². The van der Waals surface area contributed by atoms with E-state index in [1.165, 1.54) is 16.9 Å². The molecule has 0 aliphatic carbocycles. The summed E-state index contributed by atoms with van der Waals surface area (Å²) in [6.07, 6.45) is 0.450. The molecule has 1 aliphatic rings. The van der Waals surface area contributed by atoms with E-state index in [4.69, 9.17) is 30.9 Å². The first-order chi connectivity index (χ1) is 23.6. The number of hydrogen-bond acceptors (Lipinski definition) is 15. The van der Waals surface area contributed by atoms with Gasteiger partial charge < -0.3 is 10.2 Å². The Morgan fingerprint density at radius 2 is 1.67 bits per heavy atom. The highest BCUT2D eigenvalue weighted by Crippen LogP contribution is 2.31. The maximum absolute atomic E-state index is 13.1. The average Bonchev–Trinajstić information content (AvgIpc) is 3.67. The molecule has 254 valence electrons. The topological polar surface area (TPSA) is 189 Å². The van der Waals surface area contributed by atoms with Gasteiger partial charge in [0, 0.05) is 50.8 Å². The highest BCUT2D eigenvalue weighted by Gasteiger charge is 2.35. The zero-order valence-corrected chi connectivity index (χ0v) is 28.5. The molecule has 1 aliphatic heterocycles. The lowest BCUT2D eigenvalue weighted by atomic mass is 9.87. The lowest BCUT2D eigenvalue weighted by Gasteiger charge is -2.22. The number of nitrogens with zero attached hydrogens (tertiary/aromatic N) is 7. The van der Waals surface area contributed by atoms with Crippen molar-refractivity contribution in [2.75, 3.05) is 23.3 Å².